The molecule has 0 saturated heterocycles. The molecular formula is C28H47N3O5S. The number of carbonyl (C=O) groups excluding carboxylic acids is 2. The van der Waals surface area contributed by atoms with E-state index in [9.17, 15) is 19.5 Å². The van der Waals surface area contributed by atoms with Crippen molar-refractivity contribution in [1.82, 2.24) is 10.3 Å². The summed E-state index contributed by atoms with van der Waals surface area (Å²) in [6.07, 6.45) is 13.5. The van der Waals surface area contributed by atoms with Crippen LogP contribution in [0, 0.1) is 0 Å². The van der Waals surface area contributed by atoms with E-state index in [1.807, 2.05) is 0 Å². The van der Waals surface area contributed by atoms with Crippen molar-refractivity contribution >= 4 is 35.4 Å². The zero-order chi connectivity index (χ0) is 27.9. The smallest absolute Gasteiger partial charge is 0.408 e. The van der Waals surface area contributed by atoms with Crippen LogP contribution < -0.4 is 10.6 Å². The number of carbonyl (C=O) groups is 3. The molecule has 1 atom stereocenters. The number of hydrogen-bond acceptors (Lipinski definition) is 6. The van der Waals surface area contributed by atoms with Gasteiger partial charge < -0.3 is 20.5 Å². The normalized spacial score (nSPS) is 12.6. The fraction of sp³-hybridized carbons (Fsp3) is 0.714. The molecule has 0 spiro atoms. The van der Waals surface area contributed by atoms with Crippen LogP contribution in [-0.4, -0.2) is 44.5 Å². The van der Waals surface area contributed by atoms with Crippen LogP contribution in [0.3, 0.4) is 0 Å². The van der Waals surface area contributed by atoms with E-state index in [1.54, 1.807) is 52.9 Å². The average molecular weight is 538 g/mol. The van der Waals surface area contributed by atoms with Crippen LogP contribution in [-0.2, 0) is 14.3 Å². The van der Waals surface area contributed by atoms with Crippen molar-refractivity contribution in [2.45, 2.75) is 134 Å². The van der Waals surface area contributed by atoms with Gasteiger partial charge in [0, 0.05) is 11.2 Å². The van der Waals surface area contributed by atoms with Gasteiger partial charge in [-0.2, -0.15) is 0 Å². The molecule has 0 aromatic carbocycles. The van der Waals surface area contributed by atoms with Gasteiger partial charge in [0.05, 0.1) is 16.9 Å². The van der Waals surface area contributed by atoms with Gasteiger partial charge in [0.25, 0.3) is 0 Å². The number of hydrogen-bond donors (Lipinski definition) is 3. The van der Waals surface area contributed by atoms with Crippen LogP contribution in [0.5, 0.6) is 0 Å². The first kappa shape index (κ1) is 32.7. The molecule has 0 saturated carbocycles. The number of nitrogens with one attached hydrogen (secondary N) is 2. The lowest BCUT2D eigenvalue weighted by atomic mass is 10.0. The maximum absolute atomic E-state index is 12.3. The Labute approximate surface area is 227 Å². The van der Waals surface area contributed by atoms with Crippen LogP contribution in [0.1, 0.15) is 112 Å². The number of amides is 2. The highest BCUT2D eigenvalue weighted by Gasteiger charge is 2.39. The Morgan fingerprint density at radius 2 is 1.51 bits per heavy atom. The van der Waals surface area contributed by atoms with Gasteiger partial charge in [-0.1, -0.05) is 76.5 Å². The lowest BCUT2D eigenvalue weighted by molar-refractivity contribution is -0.140. The van der Waals surface area contributed by atoms with Gasteiger partial charge in [-0.15, -0.1) is 0 Å². The highest BCUT2D eigenvalue weighted by molar-refractivity contribution is 8.00. The Balaban J connectivity index is 2.45. The summed E-state index contributed by atoms with van der Waals surface area (Å²) in [5.74, 6) is -1.20. The number of ether oxygens (including phenoxy) is 1. The van der Waals surface area contributed by atoms with Crippen molar-refractivity contribution in [3.8, 4) is 0 Å². The van der Waals surface area contributed by atoms with Crippen LogP contribution in [0.2, 0.25) is 0 Å². The molecule has 8 nitrogen and oxygen atoms in total. The highest BCUT2D eigenvalue weighted by atomic mass is 32.2. The molecule has 0 fully saturated rings. The Morgan fingerprint density at radius 3 is 2.00 bits per heavy atom. The monoisotopic (exact) mass is 537 g/mol. The summed E-state index contributed by atoms with van der Waals surface area (Å²) in [6, 6.07) is 2.28. The topological polar surface area (TPSA) is 118 Å². The largest absolute Gasteiger partial charge is 0.480 e. The first-order valence-corrected chi connectivity index (χ1v) is 14.3. The van der Waals surface area contributed by atoms with E-state index in [0.717, 1.165) is 12.8 Å². The number of thioether (sulfide) groups is 1. The average Bonchev–Trinajstić information content (AvgIpc) is 2.78. The van der Waals surface area contributed by atoms with E-state index in [-0.39, 0.29) is 5.91 Å². The number of rotatable bonds is 17. The Morgan fingerprint density at radius 1 is 0.946 bits per heavy atom. The number of carboxylic acid groups (broad SMARTS) is 1. The predicted octanol–water partition coefficient (Wildman–Crippen LogP) is 7.18. The molecule has 1 aromatic rings. The van der Waals surface area contributed by atoms with E-state index < -0.39 is 28.5 Å². The van der Waals surface area contributed by atoms with Crippen molar-refractivity contribution in [2.24, 2.45) is 0 Å². The van der Waals surface area contributed by atoms with Gasteiger partial charge in [-0.3, -0.25) is 4.79 Å². The number of unbranched alkanes of at least 4 members (excludes halogenated alkanes) is 9. The van der Waals surface area contributed by atoms with E-state index >= 15 is 0 Å². The summed E-state index contributed by atoms with van der Waals surface area (Å²) in [7, 11) is 0. The molecule has 9 heteroatoms. The summed E-state index contributed by atoms with van der Waals surface area (Å²) in [4.78, 5) is 40.6. The number of aromatic nitrogens is 1. The summed E-state index contributed by atoms with van der Waals surface area (Å²) < 4.78 is 4.29. The summed E-state index contributed by atoms with van der Waals surface area (Å²) in [6.45, 7) is 10.8. The van der Waals surface area contributed by atoms with Crippen molar-refractivity contribution < 1.29 is 24.2 Å². The summed E-state index contributed by atoms with van der Waals surface area (Å²) in [5, 5.41) is 15.6. The molecule has 1 rings (SSSR count). The molecule has 0 aliphatic rings. The van der Waals surface area contributed by atoms with Gasteiger partial charge in [0.1, 0.15) is 11.6 Å². The molecule has 0 unspecified atom stereocenters. The molecule has 37 heavy (non-hydrogen) atoms. The Kier molecular flexibility index (Phi) is 14.6. The van der Waals surface area contributed by atoms with E-state index in [1.165, 1.54) is 63.1 Å². The fourth-order valence-corrected chi connectivity index (χ4v) is 4.86. The zero-order valence-corrected chi connectivity index (χ0v) is 24.3. The lowest BCUT2D eigenvalue weighted by Gasteiger charge is -2.31. The lowest BCUT2D eigenvalue weighted by Crippen LogP contribution is -2.53. The van der Waals surface area contributed by atoms with E-state index in [2.05, 4.69) is 22.5 Å². The van der Waals surface area contributed by atoms with Crippen molar-refractivity contribution in [3.05, 3.63) is 18.3 Å². The second kappa shape index (κ2) is 16.5. The van der Waals surface area contributed by atoms with E-state index in [4.69, 9.17) is 4.74 Å². The molecule has 3 N–H and O–H groups in total. The number of nitrogens with zero attached hydrogens (tertiary/aromatic N) is 1. The third-order valence-electron chi connectivity index (χ3n) is 5.75. The van der Waals surface area contributed by atoms with Crippen LogP contribution in [0.15, 0.2) is 23.4 Å². The van der Waals surface area contributed by atoms with Gasteiger partial charge in [0.15, 0.2) is 0 Å². The van der Waals surface area contributed by atoms with Gasteiger partial charge in [-0.05, 0) is 53.2 Å². The molecule has 0 bridgehead atoms. The Bertz CT molecular complexity index is 837. The number of anilines is 1. The second-order valence-electron chi connectivity index (χ2n) is 11.0. The van der Waals surface area contributed by atoms with Crippen LogP contribution in [0.4, 0.5) is 10.5 Å². The third kappa shape index (κ3) is 14.9. The Hall–Kier alpha value is -2.29. The van der Waals surface area contributed by atoms with Gasteiger partial charge in [-0.25, -0.2) is 14.6 Å². The maximum atomic E-state index is 12.3. The molecule has 0 radical (unpaired) electrons. The quantitative estimate of drug-likeness (QED) is 0.142. The van der Waals surface area contributed by atoms with E-state index in [0.29, 0.717) is 17.1 Å². The SMILES string of the molecule is CCCCCCCCCCCCC(=O)Nc1ccc(SC(C)(C)[C@H](NC(=O)OC(C)(C)C)C(=O)O)nc1. The molecule has 0 aliphatic heterocycles. The number of alkyl carbamates (subject to hydrolysis) is 1. The minimum Gasteiger partial charge on any atom is -0.480 e. The highest BCUT2D eigenvalue weighted by Crippen LogP contribution is 2.34. The number of carboxylic acids is 1. The second-order valence-corrected chi connectivity index (χ2v) is 12.7. The molecule has 2 amide bonds. The van der Waals surface area contributed by atoms with Gasteiger partial charge >= 0.3 is 12.1 Å². The first-order chi connectivity index (χ1) is 17.3. The molecule has 1 heterocycles. The van der Waals surface area contributed by atoms with Crippen LogP contribution >= 0.6 is 11.8 Å². The fourth-order valence-electron chi connectivity index (χ4n) is 3.80. The van der Waals surface area contributed by atoms with Crippen molar-refractivity contribution in [1.29, 1.82) is 0 Å². The number of pyridine rings is 1. The standard InChI is InChI=1S/C28H47N3O5S/c1-7-8-9-10-11-12-13-14-15-16-17-22(32)30-21-18-19-23(29-20-21)37-28(5,6)24(25(33)34)31-26(35)36-27(2,3)4/h18-20,24H,7-17H2,1-6H3,(H,30,32)(H,31,35)(H,33,34)/t24-/m1/s1. The predicted molar refractivity (Wildman–Crippen MR) is 150 cm³/mol. The minimum atomic E-state index is -1.20. The molecule has 0 aliphatic carbocycles. The summed E-state index contributed by atoms with van der Waals surface area (Å²) in [5.41, 5.74) is -0.138. The van der Waals surface area contributed by atoms with Gasteiger partial charge in [0.2, 0.25) is 5.91 Å². The third-order valence-corrected chi connectivity index (χ3v) is 6.96. The van der Waals surface area contributed by atoms with Crippen molar-refractivity contribution in [3.63, 3.8) is 0 Å². The molecule has 210 valence electrons. The zero-order valence-electron chi connectivity index (χ0n) is 23.5. The number of aliphatic carboxylic acids is 1. The summed E-state index contributed by atoms with van der Waals surface area (Å²) >= 11 is 1.22. The van der Waals surface area contributed by atoms with Crippen molar-refractivity contribution in [2.75, 3.05) is 5.32 Å². The van der Waals surface area contributed by atoms with Crippen LogP contribution in [0.25, 0.3) is 0 Å². The molecular weight excluding hydrogens is 490 g/mol. The molecule has 1 aromatic heterocycles. The maximum Gasteiger partial charge on any atom is 0.408 e. The minimum absolute atomic E-state index is 0.0328. The first-order valence-electron chi connectivity index (χ1n) is 13.5.